The van der Waals surface area contributed by atoms with Crippen LogP contribution in [0.1, 0.15) is 22.8 Å². The third-order valence-electron chi connectivity index (χ3n) is 2.56. The number of esters is 1. The molecular weight excluding hydrogens is 240 g/mol. The molecule has 94 valence electrons. The molecule has 4 nitrogen and oxygen atoms in total. The minimum atomic E-state index is -0.360. The number of hydrogen-bond acceptors (Lipinski definition) is 4. The summed E-state index contributed by atoms with van der Waals surface area (Å²) < 4.78 is 4.95. The Morgan fingerprint density at radius 1 is 1.37 bits per heavy atom. The van der Waals surface area contributed by atoms with Gasteiger partial charge in [-0.15, -0.1) is 0 Å². The number of aromatic nitrogens is 1. The van der Waals surface area contributed by atoms with Gasteiger partial charge in [0.05, 0.1) is 29.5 Å². The molecule has 0 atom stereocenters. The van der Waals surface area contributed by atoms with Crippen LogP contribution in [-0.4, -0.2) is 17.6 Å². The van der Waals surface area contributed by atoms with E-state index in [-0.39, 0.29) is 5.97 Å². The third-order valence-corrected chi connectivity index (χ3v) is 2.56. The van der Waals surface area contributed by atoms with Gasteiger partial charge in [0.15, 0.2) is 0 Å². The molecule has 0 radical (unpaired) electrons. The number of pyridine rings is 1. The molecule has 19 heavy (non-hydrogen) atoms. The largest absolute Gasteiger partial charge is 0.462 e. The van der Waals surface area contributed by atoms with E-state index in [0.717, 1.165) is 5.56 Å². The Kier molecular flexibility index (Phi) is 3.89. The third kappa shape index (κ3) is 2.96. The Morgan fingerprint density at radius 3 is 2.95 bits per heavy atom. The zero-order valence-corrected chi connectivity index (χ0v) is 10.5. The van der Waals surface area contributed by atoms with Crippen molar-refractivity contribution in [3.8, 4) is 17.3 Å². The van der Waals surface area contributed by atoms with E-state index in [1.807, 2.05) is 6.07 Å². The number of benzene rings is 1. The summed E-state index contributed by atoms with van der Waals surface area (Å²) in [5.41, 5.74) is 2.45. The monoisotopic (exact) mass is 252 g/mol. The van der Waals surface area contributed by atoms with E-state index in [4.69, 9.17) is 10.00 Å². The fourth-order valence-electron chi connectivity index (χ4n) is 1.68. The fourth-order valence-corrected chi connectivity index (χ4v) is 1.68. The van der Waals surface area contributed by atoms with Crippen LogP contribution >= 0.6 is 0 Å². The summed E-state index contributed by atoms with van der Waals surface area (Å²) in [6.45, 7) is 2.10. The van der Waals surface area contributed by atoms with Crippen molar-refractivity contribution in [3.63, 3.8) is 0 Å². The highest BCUT2D eigenvalue weighted by atomic mass is 16.5. The lowest BCUT2D eigenvalue weighted by Gasteiger charge is -2.05. The normalized spacial score (nSPS) is 9.68. The summed E-state index contributed by atoms with van der Waals surface area (Å²) in [6, 6.07) is 12.4. The van der Waals surface area contributed by atoms with Gasteiger partial charge in [-0.25, -0.2) is 4.79 Å². The molecule has 0 aliphatic rings. The number of carbonyl (C=O) groups excluding carboxylic acids is 1. The summed E-state index contributed by atoms with van der Waals surface area (Å²) in [5.74, 6) is -0.360. The highest BCUT2D eigenvalue weighted by Gasteiger charge is 2.08. The summed E-state index contributed by atoms with van der Waals surface area (Å²) in [6.07, 6.45) is 1.57. The highest BCUT2D eigenvalue weighted by Crippen LogP contribution is 2.19. The van der Waals surface area contributed by atoms with Crippen LogP contribution in [0.5, 0.6) is 0 Å². The maximum absolute atomic E-state index is 11.7. The van der Waals surface area contributed by atoms with Crippen molar-refractivity contribution in [1.29, 1.82) is 5.26 Å². The molecule has 1 aromatic carbocycles. The molecule has 0 amide bonds. The minimum absolute atomic E-state index is 0.339. The van der Waals surface area contributed by atoms with Gasteiger partial charge in [0.25, 0.3) is 0 Å². The quantitative estimate of drug-likeness (QED) is 0.788. The average molecular weight is 252 g/mol. The molecule has 1 heterocycles. The number of rotatable bonds is 3. The van der Waals surface area contributed by atoms with E-state index in [0.29, 0.717) is 23.4 Å². The number of hydrogen-bond donors (Lipinski definition) is 0. The van der Waals surface area contributed by atoms with Crippen LogP contribution in [0.2, 0.25) is 0 Å². The molecule has 1 aromatic heterocycles. The number of carbonyl (C=O) groups is 1. The number of ether oxygens (including phenoxy) is 1. The fraction of sp³-hybridized carbons (Fsp3) is 0.133. The molecular formula is C15H12N2O2. The topological polar surface area (TPSA) is 63.0 Å². The lowest BCUT2D eigenvalue weighted by atomic mass is 10.1. The van der Waals surface area contributed by atoms with Crippen molar-refractivity contribution in [1.82, 2.24) is 4.98 Å². The van der Waals surface area contributed by atoms with Crippen LogP contribution in [0.15, 0.2) is 42.6 Å². The second-order valence-electron chi connectivity index (χ2n) is 3.84. The second-order valence-corrected chi connectivity index (χ2v) is 3.84. The highest BCUT2D eigenvalue weighted by molar-refractivity contribution is 5.90. The maximum atomic E-state index is 11.7. The molecule has 0 spiro atoms. The zero-order chi connectivity index (χ0) is 13.7. The summed E-state index contributed by atoms with van der Waals surface area (Å²) in [7, 11) is 0. The van der Waals surface area contributed by atoms with Crippen molar-refractivity contribution in [2.45, 2.75) is 6.92 Å². The molecule has 0 aliphatic carbocycles. The zero-order valence-electron chi connectivity index (χ0n) is 10.5. The second kappa shape index (κ2) is 5.78. The van der Waals surface area contributed by atoms with E-state index < -0.39 is 0 Å². The van der Waals surface area contributed by atoms with Gasteiger partial charge in [0.1, 0.15) is 0 Å². The Labute approximate surface area is 111 Å². The molecule has 2 rings (SSSR count). The SMILES string of the molecule is CCOC(=O)c1cccc(-c2cc(C#N)ccn2)c1. The molecule has 4 heteroatoms. The first-order valence-corrected chi connectivity index (χ1v) is 5.88. The Hall–Kier alpha value is -2.67. The van der Waals surface area contributed by atoms with Crippen LogP contribution in [0.4, 0.5) is 0 Å². The van der Waals surface area contributed by atoms with Crippen LogP contribution in [-0.2, 0) is 4.74 Å². The van der Waals surface area contributed by atoms with E-state index in [9.17, 15) is 4.79 Å². The summed E-state index contributed by atoms with van der Waals surface area (Å²) in [4.78, 5) is 15.9. The van der Waals surface area contributed by atoms with Crippen molar-refractivity contribution in [2.75, 3.05) is 6.61 Å². The van der Waals surface area contributed by atoms with Gasteiger partial charge < -0.3 is 4.74 Å². The number of nitriles is 1. The Balaban J connectivity index is 2.38. The van der Waals surface area contributed by atoms with Gasteiger partial charge in [-0.05, 0) is 31.2 Å². The van der Waals surface area contributed by atoms with Gasteiger partial charge >= 0.3 is 5.97 Å². The van der Waals surface area contributed by atoms with E-state index in [1.165, 1.54) is 0 Å². The smallest absolute Gasteiger partial charge is 0.338 e. The lowest BCUT2D eigenvalue weighted by Crippen LogP contribution is -2.04. The first-order chi connectivity index (χ1) is 9.24. The van der Waals surface area contributed by atoms with Gasteiger partial charge in [-0.3, -0.25) is 4.98 Å². The predicted molar refractivity (Wildman–Crippen MR) is 70.3 cm³/mol. The lowest BCUT2D eigenvalue weighted by molar-refractivity contribution is 0.0526. The van der Waals surface area contributed by atoms with Gasteiger partial charge in [0, 0.05) is 11.8 Å². The van der Waals surface area contributed by atoms with E-state index >= 15 is 0 Å². The molecule has 0 fully saturated rings. The van der Waals surface area contributed by atoms with E-state index in [1.54, 1.807) is 43.5 Å². The molecule has 0 saturated heterocycles. The maximum Gasteiger partial charge on any atom is 0.338 e. The standard InChI is InChI=1S/C15H12N2O2/c1-2-19-15(18)13-5-3-4-12(9-13)14-8-11(10-16)6-7-17-14/h3-9H,2H2,1H3. The Bertz CT molecular complexity index is 645. The van der Waals surface area contributed by atoms with Crippen molar-refractivity contribution in [2.24, 2.45) is 0 Å². The summed E-state index contributed by atoms with van der Waals surface area (Å²) >= 11 is 0. The molecule has 0 N–H and O–H groups in total. The van der Waals surface area contributed by atoms with E-state index in [2.05, 4.69) is 11.1 Å². The molecule has 0 saturated carbocycles. The van der Waals surface area contributed by atoms with Crippen LogP contribution in [0, 0.1) is 11.3 Å². The molecule has 0 unspecified atom stereocenters. The summed E-state index contributed by atoms with van der Waals surface area (Å²) in [5, 5.41) is 8.87. The van der Waals surface area contributed by atoms with Gasteiger partial charge in [-0.1, -0.05) is 12.1 Å². The van der Waals surface area contributed by atoms with Crippen LogP contribution in [0.25, 0.3) is 11.3 Å². The van der Waals surface area contributed by atoms with Crippen molar-refractivity contribution < 1.29 is 9.53 Å². The predicted octanol–water partition coefficient (Wildman–Crippen LogP) is 2.80. The van der Waals surface area contributed by atoms with Crippen molar-refractivity contribution >= 4 is 5.97 Å². The average Bonchev–Trinajstić information content (AvgIpc) is 2.48. The first-order valence-electron chi connectivity index (χ1n) is 5.88. The molecule has 2 aromatic rings. The van der Waals surface area contributed by atoms with Crippen molar-refractivity contribution in [3.05, 3.63) is 53.7 Å². The Morgan fingerprint density at radius 2 is 2.21 bits per heavy atom. The molecule has 0 aliphatic heterocycles. The minimum Gasteiger partial charge on any atom is -0.462 e. The van der Waals surface area contributed by atoms with Crippen LogP contribution < -0.4 is 0 Å². The van der Waals surface area contributed by atoms with Crippen LogP contribution in [0.3, 0.4) is 0 Å². The number of nitrogens with zero attached hydrogens (tertiary/aromatic N) is 2. The first kappa shape index (κ1) is 12.8. The molecule has 0 bridgehead atoms. The van der Waals surface area contributed by atoms with Gasteiger partial charge in [-0.2, -0.15) is 5.26 Å². The van der Waals surface area contributed by atoms with Gasteiger partial charge in [0.2, 0.25) is 0 Å².